The maximum Gasteiger partial charge on any atom is 0.305 e. The largest absolute Gasteiger partial charge is 0.481 e. The second-order valence-electron chi connectivity index (χ2n) is 5.53. The Hall–Kier alpha value is -2.37. The molecule has 0 unspecified atom stereocenters. The summed E-state index contributed by atoms with van der Waals surface area (Å²) >= 11 is 0. The van der Waals surface area contributed by atoms with Gasteiger partial charge in [0.1, 0.15) is 5.92 Å². The van der Waals surface area contributed by atoms with Gasteiger partial charge < -0.3 is 15.3 Å². The number of hydrogen-bond donors (Lipinski definition) is 2. The second kappa shape index (κ2) is 6.60. The van der Waals surface area contributed by atoms with Crippen molar-refractivity contribution in [3.8, 4) is 0 Å². The summed E-state index contributed by atoms with van der Waals surface area (Å²) in [5, 5.41) is 11.1. The lowest BCUT2D eigenvalue weighted by Crippen LogP contribution is -2.37. The zero-order chi connectivity index (χ0) is 16.3. The second-order valence-corrected chi connectivity index (χ2v) is 5.53. The molecule has 1 fully saturated rings. The van der Waals surface area contributed by atoms with E-state index >= 15 is 0 Å². The fourth-order valence-corrected chi connectivity index (χ4v) is 2.49. The highest BCUT2D eigenvalue weighted by molar-refractivity contribution is 6.09. The number of carboxylic acid groups (broad SMARTS) is 1. The van der Waals surface area contributed by atoms with E-state index in [-0.39, 0.29) is 18.9 Å². The summed E-state index contributed by atoms with van der Waals surface area (Å²) in [6, 6.07) is 5.78. The number of carbonyl (C=O) groups is 3. The molecule has 22 heavy (non-hydrogen) atoms. The van der Waals surface area contributed by atoms with Crippen LogP contribution in [0.5, 0.6) is 0 Å². The third-order valence-electron chi connectivity index (χ3n) is 3.96. The van der Waals surface area contributed by atoms with E-state index in [1.54, 1.807) is 4.90 Å². The lowest BCUT2D eigenvalue weighted by molar-refractivity contribution is -0.137. The Morgan fingerprint density at radius 3 is 2.68 bits per heavy atom. The van der Waals surface area contributed by atoms with Gasteiger partial charge in [0, 0.05) is 18.8 Å². The first-order valence-corrected chi connectivity index (χ1v) is 7.28. The minimum absolute atomic E-state index is 0.0432. The van der Waals surface area contributed by atoms with Gasteiger partial charge in [-0.3, -0.25) is 14.4 Å². The number of benzene rings is 1. The Bertz CT molecular complexity index is 612. The normalized spacial score (nSPS) is 17.6. The molecule has 0 spiro atoms. The molecular weight excluding hydrogens is 284 g/mol. The molecule has 1 aliphatic heterocycles. The van der Waals surface area contributed by atoms with Crippen LogP contribution in [0.4, 0.5) is 5.69 Å². The fourth-order valence-electron chi connectivity index (χ4n) is 2.49. The quantitative estimate of drug-likeness (QED) is 0.802. The lowest BCUT2D eigenvalue weighted by atomic mass is 10.1. The summed E-state index contributed by atoms with van der Waals surface area (Å²) in [5.41, 5.74) is 3.05. The Kier molecular flexibility index (Phi) is 4.80. The zero-order valence-corrected chi connectivity index (χ0v) is 12.8. The molecule has 0 radical (unpaired) electrons. The van der Waals surface area contributed by atoms with Crippen LogP contribution in [0.3, 0.4) is 0 Å². The molecule has 2 rings (SSSR count). The van der Waals surface area contributed by atoms with E-state index in [9.17, 15) is 14.4 Å². The Labute approximate surface area is 129 Å². The van der Waals surface area contributed by atoms with E-state index in [0.717, 1.165) is 16.8 Å². The number of hydrogen-bond acceptors (Lipinski definition) is 3. The van der Waals surface area contributed by atoms with Crippen molar-refractivity contribution in [2.45, 2.75) is 26.7 Å². The molecule has 1 heterocycles. The van der Waals surface area contributed by atoms with Gasteiger partial charge in [0.05, 0.1) is 6.42 Å². The van der Waals surface area contributed by atoms with Crippen LogP contribution in [-0.4, -0.2) is 36.0 Å². The Balaban J connectivity index is 2.01. The van der Waals surface area contributed by atoms with E-state index in [4.69, 9.17) is 5.11 Å². The van der Waals surface area contributed by atoms with Crippen molar-refractivity contribution in [1.82, 2.24) is 5.32 Å². The average Bonchev–Trinajstić information content (AvgIpc) is 2.83. The smallest absolute Gasteiger partial charge is 0.305 e. The molecule has 0 saturated carbocycles. The molecule has 1 aromatic rings. The summed E-state index contributed by atoms with van der Waals surface area (Å²) in [5.74, 6) is -2.32. The van der Waals surface area contributed by atoms with E-state index in [0.29, 0.717) is 13.0 Å². The fraction of sp³-hybridized carbons (Fsp3) is 0.438. The van der Waals surface area contributed by atoms with Crippen LogP contribution in [0.2, 0.25) is 0 Å². The molecule has 0 aliphatic carbocycles. The number of nitrogens with zero attached hydrogens (tertiary/aromatic N) is 1. The first-order chi connectivity index (χ1) is 10.4. The van der Waals surface area contributed by atoms with Crippen LogP contribution in [0.25, 0.3) is 0 Å². The maximum atomic E-state index is 12.4. The van der Waals surface area contributed by atoms with Gasteiger partial charge in [0.25, 0.3) is 0 Å². The number of aryl methyl sites for hydroxylation is 2. The van der Waals surface area contributed by atoms with Gasteiger partial charge in [-0.05, 0) is 43.5 Å². The Morgan fingerprint density at radius 1 is 1.32 bits per heavy atom. The van der Waals surface area contributed by atoms with Crippen LogP contribution >= 0.6 is 0 Å². The van der Waals surface area contributed by atoms with Gasteiger partial charge in [-0.25, -0.2) is 0 Å². The molecule has 1 atom stereocenters. The van der Waals surface area contributed by atoms with Crippen molar-refractivity contribution < 1.29 is 19.5 Å². The predicted molar refractivity (Wildman–Crippen MR) is 81.6 cm³/mol. The van der Waals surface area contributed by atoms with Crippen molar-refractivity contribution in [3.63, 3.8) is 0 Å². The zero-order valence-electron chi connectivity index (χ0n) is 12.8. The topological polar surface area (TPSA) is 86.7 Å². The van der Waals surface area contributed by atoms with Crippen LogP contribution in [0.1, 0.15) is 24.0 Å². The van der Waals surface area contributed by atoms with Gasteiger partial charge in [-0.1, -0.05) is 6.07 Å². The minimum atomic E-state index is -0.977. The van der Waals surface area contributed by atoms with Gasteiger partial charge in [-0.2, -0.15) is 0 Å². The van der Waals surface area contributed by atoms with E-state index < -0.39 is 17.8 Å². The predicted octanol–water partition coefficient (Wildman–Crippen LogP) is 1.25. The average molecular weight is 304 g/mol. The number of rotatable bonds is 5. The highest BCUT2D eigenvalue weighted by Crippen LogP contribution is 2.27. The molecule has 6 heteroatoms. The number of carboxylic acids is 1. The number of nitrogens with one attached hydrogen (secondary N) is 1. The standard InChI is InChI=1S/C16H20N2O4/c1-10-3-4-12(9-11(10)2)18-8-6-13(16(18)22)15(21)17-7-5-14(19)20/h3-4,9,13H,5-8H2,1-2H3,(H,17,21)(H,19,20)/t13-/m1/s1. The molecule has 2 N–H and O–H groups in total. The van der Waals surface area contributed by atoms with Gasteiger partial charge in [0.2, 0.25) is 11.8 Å². The summed E-state index contributed by atoms with van der Waals surface area (Å²) in [6.07, 6.45) is 0.304. The molecule has 1 aliphatic rings. The number of aliphatic carboxylic acids is 1. The first kappa shape index (κ1) is 16.0. The molecule has 118 valence electrons. The number of carbonyl (C=O) groups excluding carboxylic acids is 2. The van der Waals surface area contributed by atoms with Crippen molar-refractivity contribution in [2.24, 2.45) is 5.92 Å². The van der Waals surface area contributed by atoms with E-state index in [1.807, 2.05) is 32.0 Å². The van der Waals surface area contributed by atoms with Crippen molar-refractivity contribution in [1.29, 1.82) is 0 Å². The van der Waals surface area contributed by atoms with Gasteiger partial charge in [-0.15, -0.1) is 0 Å². The SMILES string of the molecule is Cc1ccc(N2CC[C@H](C(=O)NCCC(=O)O)C2=O)cc1C. The van der Waals surface area contributed by atoms with Crippen LogP contribution < -0.4 is 10.2 Å². The van der Waals surface area contributed by atoms with Crippen LogP contribution in [0.15, 0.2) is 18.2 Å². The van der Waals surface area contributed by atoms with Crippen molar-refractivity contribution in [2.75, 3.05) is 18.0 Å². The number of amides is 2. The Morgan fingerprint density at radius 2 is 2.05 bits per heavy atom. The molecule has 1 aromatic carbocycles. The summed E-state index contributed by atoms with van der Waals surface area (Å²) in [4.78, 5) is 36.4. The molecule has 0 aromatic heterocycles. The third kappa shape index (κ3) is 3.44. The molecule has 2 amide bonds. The molecule has 1 saturated heterocycles. The highest BCUT2D eigenvalue weighted by atomic mass is 16.4. The molecule has 0 bridgehead atoms. The third-order valence-corrected chi connectivity index (χ3v) is 3.96. The monoisotopic (exact) mass is 304 g/mol. The summed E-state index contributed by atoms with van der Waals surface area (Å²) in [7, 11) is 0. The first-order valence-electron chi connectivity index (χ1n) is 7.28. The lowest BCUT2D eigenvalue weighted by Gasteiger charge is -2.18. The van der Waals surface area contributed by atoms with Crippen LogP contribution in [-0.2, 0) is 14.4 Å². The van der Waals surface area contributed by atoms with Crippen LogP contribution in [0, 0.1) is 19.8 Å². The van der Waals surface area contributed by atoms with E-state index in [1.165, 1.54) is 0 Å². The molecular formula is C16H20N2O4. The maximum absolute atomic E-state index is 12.4. The highest BCUT2D eigenvalue weighted by Gasteiger charge is 2.37. The minimum Gasteiger partial charge on any atom is -0.481 e. The van der Waals surface area contributed by atoms with E-state index in [2.05, 4.69) is 5.32 Å². The van der Waals surface area contributed by atoms with Crippen molar-refractivity contribution >= 4 is 23.5 Å². The van der Waals surface area contributed by atoms with Crippen molar-refractivity contribution in [3.05, 3.63) is 29.3 Å². The van der Waals surface area contributed by atoms with Gasteiger partial charge in [0.15, 0.2) is 0 Å². The summed E-state index contributed by atoms with van der Waals surface area (Å²) < 4.78 is 0. The van der Waals surface area contributed by atoms with Gasteiger partial charge >= 0.3 is 5.97 Å². The summed E-state index contributed by atoms with van der Waals surface area (Å²) in [6.45, 7) is 4.53. The molecule has 6 nitrogen and oxygen atoms in total. The number of anilines is 1.